The monoisotopic (exact) mass is 206 g/mol. The zero-order chi connectivity index (χ0) is 11.5. The molecule has 2 aliphatic rings. The summed E-state index contributed by atoms with van der Waals surface area (Å²) in [6.07, 6.45) is 12.1. The average molecular weight is 206 g/mol. The highest BCUT2D eigenvalue weighted by molar-refractivity contribution is 5.18. The van der Waals surface area contributed by atoms with E-state index < -0.39 is 0 Å². The Morgan fingerprint density at radius 1 is 0.933 bits per heavy atom. The van der Waals surface area contributed by atoms with Crippen molar-refractivity contribution in [1.82, 2.24) is 0 Å². The zero-order valence-electron chi connectivity index (χ0n) is 11.0. The third-order valence-electron chi connectivity index (χ3n) is 3.69. The summed E-state index contributed by atoms with van der Waals surface area (Å²) in [5.41, 5.74) is 0.481. The smallest absolute Gasteiger partial charge is 0.0134 e. The van der Waals surface area contributed by atoms with Gasteiger partial charge in [-0.1, -0.05) is 58.9 Å². The fourth-order valence-electron chi connectivity index (χ4n) is 2.97. The van der Waals surface area contributed by atoms with E-state index in [1.54, 1.807) is 0 Å². The highest BCUT2D eigenvalue weighted by atomic mass is 14.4. The van der Waals surface area contributed by atoms with Crippen LogP contribution in [0.4, 0.5) is 0 Å². The maximum Gasteiger partial charge on any atom is -0.0134 e. The fourth-order valence-corrected chi connectivity index (χ4v) is 2.97. The molecule has 0 N–H and O–H groups in total. The van der Waals surface area contributed by atoms with E-state index in [2.05, 4.69) is 45.1 Å². The van der Waals surface area contributed by atoms with Gasteiger partial charge in [0.25, 0.3) is 0 Å². The number of hydrogen-bond donors (Lipinski definition) is 0. The van der Waals surface area contributed by atoms with Gasteiger partial charge in [0.15, 0.2) is 0 Å². The molecule has 1 saturated carbocycles. The Kier molecular flexibility index (Phi) is 4.19. The Bertz CT molecular complexity index is 239. The Balaban J connectivity index is 0.000000531. The van der Waals surface area contributed by atoms with E-state index in [0.717, 1.165) is 17.8 Å². The van der Waals surface area contributed by atoms with Gasteiger partial charge >= 0.3 is 0 Å². The van der Waals surface area contributed by atoms with Gasteiger partial charge in [-0.3, -0.25) is 0 Å². The van der Waals surface area contributed by atoms with Crippen molar-refractivity contribution in [3.63, 3.8) is 0 Å². The predicted molar refractivity (Wildman–Crippen MR) is 68.8 cm³/mol. The molecule has 3 atom stereocenters. The third kappa shape index (κ3) is 2.74. The molecule has 0 heterocycles. The van der Waals surface area contributed by atoms with Gasteiger partial charge in [-0.2, -0.15) is 0 Å². The first-order valence-corrected chi connectivity index (χ1v) is 6.44. The Labute approximate surface area is 95.5 Å². The van der Waals surface area contributed by atoms with E-state index in [-0.39, 0.29) is 0 Å². The van der Waals surface area contributed by atoms with Crippen molar-refractivity contribution in [3.8, 4) is 0 Å². The molecule has 15 heavy (non-hydrogen) atoms. The first-order chi connectivity index (χ1) is 7.09. The van der Waals surface area contributed by atoms with Crippen molar-refractivity contribution < 1.29 is 0 Å². The number of fused-ring (bicyclic) bond motifs is 1. The number of allylic oxidation sites excluding steroid dienone is 4. The second-order valence-corrected chi connectivity index (χ2v) is 5.56. The Morgan fingerprint density at radius 3 is 2.13 bits per heavy atom. The molecule has 0 aliphatic heterocycles. The molecule has 2 rings (SSSR count). The molecular formula is C15H26. The molecule has 0 nitrogen and oxygen atoms in total. The van der Waals surface area contributed by atoms with Crippen molar-refractivity contribution in [1.29, 1.82) is 0 Å². The molecule has 0 spiro atoms. The third-order valence-corrected chi connectivity index (χ3v) is 3.69. The zero-order valence-corrected chi connectivity index (χ0v) is 11.0. The van der Waals surface area contributed by atoms with Gasteiger partial charge in [0.1, 0.15) is 0 Å². The molecular weight excluding hydrogens is 180 g/mol. The lowest BCUT2D eigenvalue weighted by molar-refractivity contribution is 0.202. The Hall–Kier alpha value is -0.520. The van der Waals surface area contributed by atoms with E-state index in [4.69, 9.17) is 0 Å². The van der Waals surface area contributed by atoms with E-state index in [0.29, 0.717) is 5.41 Å². The van der Waals surface area contributed by atoms with Crippen LogP contribution in [0.5, 0.6) is 0 Å². The summed E-state index contributed by atoms with van der Waals surface area (Å²) >= 11 is 0. The summed E-state index contributed by atoms with van der Waals surface area (Å²) in [5.74, 6) is 2.55. The molecule has 0 heteroatoms. The molecule has 0 radical (unpaired) electrons. The summed E-state index contributed by atoms with van der Waals surface area (Å²) in [7, 11) is 0. The highest BCUT2D eigenvalue weighted by Gasteiger charge is 2.39. The Morgan fingerprint density at radius 2 is 1.53 bits per heavy atom. The first-order valence-electron chi connectivity index (χ1n) is 6.44. The van der Waals surface area contributed by atoms with Crippen molar-refractivity contribution in [2.24, 2.45) is 23.2 Å². The van der Waals surface area contributed by atoms with Crippen LogP contribution in [0.2, 0.25) is 0 Å². The minimum absolute atomic E-state index is 0.481. The lowest BCUT2D eigenvalue weighted by Gasteiger charge is -2.33. The van der Waals surface area contributed by atoms with Crippen molar-refractivity contribution in [2.75, 3.05) is 0 Å². The standard InChI is InChI=1S/C13H20.C2H6/c1-13(2,3)12-9-8-10-6-4-5-7-11(10)12;1-2/h4-7,10-12H,8-9H2,1-3H3;1-2H3. The summed E-state index contributed by atoms with van der Waals surface area (Å²) in [5, 5.41) is 0. The van der Waals surface area contributed by atoms with Crippen molar-refractivity contribution in [3.05, 3.63) is 24.3 Å². The van der Waals surface area contributed by atoms with Crippen LogP contribution >= 0.6 is 0 Å². The summed E-state index contributed by atoms with van der Waals surface area (Å²) < 4.78 is 0. The molecule has 0 bridgehead atoms. The minimum Gasteiger partial charge on any atom is -0.0808 e. The highest BCUT2D eigenvalue weighted by Crippen LogP contribution is 2.48. The second-order valence-electron chi connectivity index (χ2n) is 5.56. The number of rotatable bonds is 0. The molecule has 0 aromatic carbocycles. The van der Waals surface area contributed by atoms with Crippen LogP contribution in [0.25, 0.3) is 0 Å². The van der Waals surface area contributed by atoms with Gasteiger partial charge in [0.2, 0.25) is 0 Å². The topological polar surface area (TPSA) is 0 Å². The molecule has 0 amide bonds. The molecule has 86 valence electrons. The summed E-state index contributed by atoms with van der Waals surface area (Å²) in [6, 6.07) is 0. The van der Waals surface area contributed by atoms with Crippen molar-refractivity contribution >= 4 is 0 Å². The largest absolute Gasteiger partial charge is 0.0808 e. The summed E-state index contributed by atoms with van der Waals surface area (Å²) in [4.78, 5) is 0. The van der Waals surface area contributed by atoms with E-state index in [1.807, 2.05) is 13.8 Å². The van der Waals surface area contributed by atoms with Crippen LogP contribution in [0.1, 0.15) is 47.5 Å². The normalized spacial score (nSPS) is 33.3. The fraction of sp³-hybridized carbons (Fsp3) is 0.733. The number of hydrogen-bond acceptors (Lipinski definition) is 0. The van der Waals surface area contributed by atoms with Crippen LogP contribution in [0, 0.1) is 23.2 Å². The first kappa shape index (κ1) is 12.5. The van der Waals surface area contributed by atoms with Gasteiger partial charge in [-0.05, 0) is 36.0 Å². The van der Waals surface area contributed by atoms with Crippen LogP contribution in [-0.2, 0) is 0 Å². The van der Waals surface area contributed by atoms with E-state index >= 15 is 0 Å². The van der Waals surface area contributed by atoms with E-state index in [1.165, 1.54) is 12.8 Å². The van der Waals surface area contributed by atoms with Crippen molar-refractivity contribution in [2.45, 2.75) is 47.5 Å². The quantitative estimate of drug-likeness (QED) is 0.532. The molecule has 2 aliphatic carbocycles. The molecule has 3 unspecified atom stereocenters. The molecule has 0 saturated heterocycles. The maximum absolute atomic E-state index is 2.42. The van der Waals surface area contributed by atoms with Crippen LogP contribution in [0.3, 0.4) is 0 Å². The van der Waals surface area contributed by atoms with Gasteiger partial charge < -0.3 is 0 Å². The van der Waals surface area contributed by atoms with Gasteiger partial charge in [0, 0.05) is 0 Å². The predicted octanol–water partition coefficient (Wildman–Crippen LogP) is 4.83. The van der Waals surface area contributed by atoms with Crippen LogP contribution < -0.4 is 0 Å². The molecule has 1 fully saturated rings. The van der Waals surface area contributed by atoms with E-state index in [9.17, 15) is 0 Å². The second kappa shape index (κ2) is 5.01. The van der Waals surface area contributed by atoms with Gasteiger partial charge in [-0.25, -0.2) is 0 Å². The maximum atomic E-state index is 2.42. The van der Waals surface area contributed by atoms with Gasteiger partial charge in [-0.15, -0.1) is 0 Å². The molecule has 0 aromatic rings. The van der Waals surface area contributed by atoms with Crippen LogP contribution in [0.15, 0.2) is 24.3 Å². The summed E-state index contributed by atoms with van der Waals surface area (Å²) in [6.45, 7) is 11.1. The minimum atomic E-state index is 0.481. The lowest BCUT2D eigenvalue weighted by Crippen LogP contribution is -2.25. The lowest BCUT2D eigenvalue weighted by atomic mass is 9.72. The molecule has 0 aromatic heterocycles. The van der Waals surface area contributed by atoms with Gasteiger partial charge in [0.05, 0.1) is 0 Å². The SMILES string of the molecule is CC.CC(C)(C)C1CCC2C=CC=CC21. The van der Waals surface area contributed by atoms with Crippen LogP contribution in [-0.4, -0.2) is 0 Å². The average Bonchev–Trinajstić information content (AvgIpc) is 2.63.